The molecule has 0 unspecified atom stereocenters. The topological polar surface area (TPSA) is 80.3 Å². The quantitative estimate of drug-likeness (QED) is 0.830. The first-order chi connectivity index (χ1) is 11.8. The van der Waals surface area contributed by atoms with Crippen LogP contribution in [0.15, 0.2) is 18.2 Å². The zero-order chi connectivity index (χ0) is 18.6. The number of nitrogens with one attached hydrogen (secondary N) is 1. The Kier molecular flexibility index (Phi) is 6.93. The second-order valence-corrected chi connectivity index (χ2v) is 7.18. The molecule has 138 valence electrons. The highest BCUT2D eigenvalue weighted by atomic mass is 35.5. The van der Waals surface area contributed by atoms with Crippen LogP contribution in [0.2, 0.25) is 10.0 Å². The molecule has 2 atom stereocenters. The van der Waals surface area contributed by atoms with Gasteiger partial charge in [-0.25, -0.2) is 4.79 Å². The Hall–Kier alpha value is -1.50. The summed E-state index contributed by atoms with van der Waals surface area (Å²) in [5, 5.41) is 3.63. The third-order valence-corrected chi connectivity index (χ3v) is 5.44. The van der Waals surface area contributed by atoms with Crippen molar-refractivity contribution < 1.29 is 15.3 Å². The number of rotatable bonds is 4. The summed E-state index contributed by atoms with van der Waals surface area (Å²) in [6.07, 6.45) is 0.923. The van der Waals surface area contributed by atoms with E-state index in [1.807, 2.05) is 6.92 Å². The zero-order valence-corrected chi connectivity index (χ0v) is 16.1. The van der Waals surface area contributed by atoms with Crippen LogP contribution in [0.5, 0.6) is 0 Å². The van der Waals surface area contributed by atoms with E-state index in [0.717, 1.165) is 6.42 Å². The summed E-state index contributed by atoms with van der Waals surface area (Å²) in [5.41, 5.74) is 4.59. The van der Waals surface area contributed by atoms with E-state index in [2.05, 4.69) is 18.0 Å². The number of nitrogens with zero attached hydrogens (tertiary/aromatic N) is 2. The van der Waals surface area contributed by atoms with Gasteiger partial charge in [-0.3, -0.25) is 4.79 Å². The SMILES string of the molecule is CC[C@H](C)[C@@H]([NH3+])C(=O)N1CCN(C(=O)Nc2ccc(Cl)c(Cl)c2)CC1. The average Bonchev–Trinajstić information content (AvgIpc) is 2.63. The molecule has 1 aliphatic rings. The van der Waals surface area contributed by atoms with Gasteiger partial charge in [0.25, 0.3) is 5.91 Å². The third-order valence-electron chi connectivity index (χ3n) is 4.70. The summed E-state index contributed by atoms with van der Waals surface area (Å²) in [7, 11) is 0. The normalized spacial score (nSPS) is 17.2. The lowest BCUT2D eigenvalue weighted by molar-refractivity contribution is -0.417. The minimum absolute atomic E-state index is 0.0684. The van der Waals surface area contributed by atoms with Crippen LogP contribution in [0, 0.1) is 5.92 Å². The number of urea groups is 1. The fourth-order valence-electron chi connectivity index (χ4n) is 2.67. The van der Waals surface area contributed by atoms with E-state index in [9.17, 15) is 9.59 Å². The predicted molar refractivity (Wildman–Crippen MR) is 99.8 cm³/mol. The number of amides is 3. The maximum Gasteiger partial charge on any atom is 0.321 e. The minimum Gasteiger partial charge on any atom is -0.347 e. The molecule has 0 aliphatic carbocycles. The molecule has 6 nitrogen and oxygen atoms in total. The molecular weight excluding hydrogens is 363 g/mol. The minimum atomic E-state index is -0.235. The molecule has 1 aromatic carbocycles. The lowest BCUT2D eigenvalue weighted by Crippen LogP contribution is -2.71. The number of piperazine rings is 1. The Morgan fingerprint density at radius 2 is 1.76 bits per heavy atom. The van der Waals surface area contributed by atoms with Crippen molar-refractivity contribution in [3.8, 4) is 0 Å². The molecule has 25 heavy (non-hydrogen) atoms. The molecule has 1 heterocycles. The van der Waals surface area contributed by atoms with E-state index < -0.39 is 0 Å². The predicted octanol–water partition coefficient (Wildman–Crippen LogP) is 2.33. The third kappa shape index (κ3) is 5.00. The van der Waals surface area contributed by atoms with Gasteiger partial charge in [0.05, 0.1) is 10.0 Å². The van der Waals surface area contributed by atoms with E-state index in [1.54, 1.807) is 28.0 Å². The second kappa shape index (κ2) is 8.74. The fraction of sp³-hybridized carbons (Fsp3) is 0.529. The number of hydrogen-bond acceptors (Lipinski definition) is 2. The molecule has 0 radical (unpaired) electrons. The van der Waals surface area contributed by atoms with Crippen molar-refractivity contribution in [3.63, 3.8) is 0 Å². The number of quaternary nitrogens is 1. The van der Waals surface area contributed by atoms with Crippen LogP contribution < -0.4 is 11.1 Å². The molecular formula is C17H25Cl2N4O2+. The van der Waals surface area contributed by atoms with Crippen LogP contribution in [0.1, 0.15) is 20.3 Å². The maximum absolute atomic E-state index is 12.5. The molecule has 1 saturated heterocycles. The number of halogens is 2. The van der Waals surface area contributed by atoms with Gasteiger partial charge in [0, 0.05) is 37.8 Å². The highest BCUT2D eigenvalue weighted by molar-refractivity contribution is 6.42. The molecule has 0 saturated carbocycles. The molecule has 1 fully saturated rings. The van der Waals surface area contributed by atoms with Gasteiger partial charge < -0.3 is 20.9 Å². The molecule has 3 amide bonds. The Morgan fingerprint density at radius 1 is 1.16 bits per heavy atom. The van der Waals surface area contributed by atoms with Crippen LogP contribution in [-0.2, 0) is 4.79 Å². The molecule has 4 N–H and O–H groups in total. The molecule has 0 bridgehead atoms. The number of hydrogen-bond donors (Lipinski definition) is 2. The smallest absolute Gasteiger partial charge is 0.321 e. The highest BCUT2D eigenvalue weighted by Crippen LogP contribution is 2.25. The van der Waals surface area contributed by atoms with E-state index in [1.165, 1.54) is 0 Å². The van der Waals surface area contributed by atoms with Gasteiger partial charge in [-0.05, 0) is 24.6 Å². The Labute approximate surface area is 158 Å². The van der Waals surface area contributed by atoms with E-state index in [0.29, 0.717) is 41.9 Å². The summed E-state index contributed by atoms with van der Waals surface area (Å²) in [6.45, 7) is 6.13. The number of benzene rings is 1. The molecule has 0 spiro atoms. The summed E-state index contributed by atoms with van der Waals surface area (Å²) < 4.78 is 0. The fourth-order valence-corrected chi connectivity index (χ4v) is 2.97. The van der Waals surface area contributed by atoms with E-state index >= 15 is 0 Å². The van der Waals surface area contributed by atoms with Gasteiger partial charge in [-0.15, -0.1) is 0 Å². The Bertz CT molecular complexity index is 633. The van der Waals surface area contributed by atoms with Gasteiger partial charge in [0.15, 0.2) is 6.04 Å². The van der Waals surface area contributed by atoms with Gasteiger partial charge in [-0.2, -0.15) is 0 Å². The number of carbonyl (C=O) groups excluding carboxylic acids is 2. The molecule has 0 aromatic heterocycles. The Balaban J connectivity index is 1.87. The van der Waals surface area contributed by atoms with Crippen molar-refractivity contribution in [1.29, 1.82) is 0 Å². The number of carbonyl (C=O) groups is 2. The first kappa shape index (κ1) is 19.8. The zero-order valence-electron chi connectivity index (χ0n) is 14.6. The standard InChI is InChI=1S/C17H24Cl2N4O2/c1-3-11(2)15(20)16(24)22-6-8-23(9-7-22)17(25)21-12-4-5-13(18)14(19)10-12/h4-5,10-11,15H,3,6-9,20H2,1-2H3,(H,21,25)/p+1/t11-,15+/m0/s1. The molecule has 2 rings (SSSR count). The van der Waals surface area contributed by atoms with Crippen LogP contribution >= 0.6 is 23.2 Å². The highest BCUT2D eigenvalue weighted by Gasteiger charge is 2.31. The maximum atomic E-state index is 12.5. The first-order valence-electron chi connectivity index (χ1n) is 8.46. The van der Waals surface area contributed by atoms with Crippen molar-refractivity contribution in [1.82, 2.24) is 9.80 Å². The van der Waals surface area contributed by atoms with Crippen LogP contribution in [0.25, 0.3) is 0 Å². The molecule has 1 aliphatic heterocycles. The van der Waals surface area contributed by atoms with Crippen LogP contribution in [-0.4, -0.2) is 54.0 Å². The monoisotopic (exact) mass is 387 g/mol. The largest absolute Gasteiger partial charge is 0.347 e. The van der Waals surface area contributed by atoms with Crippen molar-refractivity contribution in [2.75, 3.05) is 31.5 Å². The van der Waals surface area contributed by atoms with Crippen LogP contribution in [0.3, 0.4) is 0 Å². The summed E-state index contributed by atoms with van der Waals surface area (Å²) in [4.78, 5) is 28.3. The summed E-state index contributed by atoms with van der Waals surface area (Å²) in [6, 6.07) is 4.51. The second-order valence-electron chi connectivity index (χ2n) is 6.36. The molecule has 8 heteroatoms. The van der Waals surface area contributed by atoms with E-state index in [-0.39, 0.29) is 23.9 Å². The summed E-state index contributed by atoms with van der Waals surface area (Å²) in [5.74, 6) is 0.322. The van der Waals surface area contributed by atoms with Crippen molar-refractivity contribution in [2.45, 2.75) is 26.3 Å². The number of anilines is 1. The van der Waals surface area contributed by atoms with Gasteiger partial charge in [0.2, 0.25) is 0 Å². The van der Waals surface area contributed by atoms with Gasteiger partial charge >= 0.3 is 6.03 Å². The summed E-state index contributed by atoms with van der Waals surface area (Å²) >= 11 is 11.8. The average molecular weight is 388 g/mol. The molecule has 1 aromatic rings. The van der Waals surface area contributed by atoms with Gasteiger partial charge in [-0.1, -0.05) is 37.0 Å². The van der Waals surface area contributed by atoms with E-state index in [4.69, 9.17) is 23.2 Å². The lowest BCUT2D eigenvalue weighted by Gasteiger charge is -2.35. The van der Waals surface area contributed by atoms with Crippen LogP contribution in [0.4, 0.5) is 10.5 Å². The van der Waals surface area contributed by atoms with Crippen molar-refractivity contribution in [3.05, 3.63) is 28.2 Å². The van der Waals surface area contributed by atoms with Gasteiger partial charge in [0.1, 0.15) is 0 Å². The first-order valence-corrected chi connectivity index (χ1v) is 9.22. The van der Waals surface area contributed by atoms with Crippen molar-refractivity contribution >= 4 is 40.8 Å². The Morgan fingerprint density at radius 3 is 2.32 bits per heavy atom. The lowest BCUT2D eigenvalue weighted by atomic mass is 9.98. The van der Waals surface area contributed by atoms with Crippen molar-refractivity contribution in [2.24, 2.45) is 5.92 Å².